The van der Waals surface area contributed by atoms with Crippen LogP contribution in [-0.4, -0.2) is 31.4 Å². The molecule has 1 rings (SSSR count). The van der Waals surface area contributed by atoms with Crippen molar-refractivity contribution in [2.24, 2.45) is 5.92 Å². The number of benzene rings is 1. The summed E-state index contributed by atoms with van der Waals surface area (Å²) in [5.74, 6) is 0.107. The summed E-state index contributed by atoms with van der Waals surface area (Å²) < 4.78 is 18.2. The lowest BCUT2D eigenvalue weighted by atomic mass is 10.0. The smallest absolute Gasteiger partial charge is 0.319 e. The predicted molar refractivity (Wildman–Crippen MR) is 80.1 cm³/mol. The largest absolute Gasteiger partial charge is 0.497 e. The van der Waals surface area contributed by atoms with Crippen LogP contribution in [0.3, 0.4) is 0 Å². The molecule has 1 atom stereocenters. The number of aliphatic hydroxyl groups is 1. The Labute approximate surface area is 124 Å². The van der Waals surface area contributed by atoms with E-state index in [2.05, 4.69) is 17.6 Å². The van der Waals surface area contributed by atoms with Gasteiger partial charge in [-0.2, -0.15) is 0 Å². The lowest BCUT2D eigenvalue weighted by Crippen LogP contribution is -2.33. The zero-order valence-corrected chi connectivity index (χ0v) is 12.5. The van der Waals surface area contributed by atoms with Gasteiger partial charge in [-0.15, -0.1) is 0 Å². The van der Waals surface area contributed by atoms with Gasteiger partial charge in [0.15, 0.2) is 0 Å². The molecule has 2 amide bonds. The van der Waals surface area contributed by atoms with Gasteiger partial charge in [0.1, 0.15) is 11.6 Å². The molecule has 6 heteroatoms. The van der Waals surface area contributed by atoms with Gasteiger partial charge in [0.25, 0.3) is 0 Å². The molecule has 0 heterocycles. The number of hydrogen-bond donors (Lipinski definition) is 3. The minimum absolute atomic E-state index is 0.106. The van der Waals surface area contributed by atoms with Gasteiger partial charge in [0.05, 0.1) is 7.11 Å². The van der Waals surface area contributed by atoms with Gasteiger partial charge in [-0.05, 0) is 24.8 Å². The first-order valence-corrected chi connectivity index (χ1v) is 7.09. The minimum Gasteiger partial charge on any atom is -0.497 e. The third-order valence-corrected chi connectivity index (χ3v) is 3.15. The molecule has 0 aliphatic rings. The lowest BCUT2D eigenvalue weighted by Gasteiger charge is -2.16. The summed E-state index contributed by atoms with van der Waals surface area (Å²) in [5.41, 5.74) is 0.332. The molecule has 3 N–H and O–H groups in total. The number of methoxy groups -OCH3 is 1. The molecule has 5 nitrogen and oxygen atoms in total. The fourth-order valence-corrected chi connectivity index (χ4v) is 2.10. The second kappa shape index (κ2) is 9.18. The van der Waals surface area contributed by atoms with Crippen molar-refractivity contribution in [2.75, 3.05) is 25.6 Å². The SMILES string of the molecule is CCCC(CCO)CNC(=O)Nc1cc(F)cc(OC)c1. The molecule has 0 aliphatic heterocycles. The Morgan fingerprint density at radius 1 is 1.38 bits per heavy atom. The van der Waals surface area contributed by atoms with E-state index in [0.29, 0.717) is 24.4 Å². The topological polar surface area (TPSA) is 70.6 Å². The summed E-state index contributed by atoms with van der Waals surface area (Å²) in [6, 6.07) is 3.60. The number of nitrogens with one attached hydrogen (secondary N) is 2. The minimum atomic E-state index is -0.478. The van der Waals surface area contributed by atoms with Gasteiger partial charge >= 0.3 is 6.03 Å². The number of anilines is 1. The molecule has 0 aliphatic carbocycles. The molecule has 1 aromatic carbocycles. The van der Waals surface area contributed by atoms with Crippen LogP contribution in [0.5, 0.6) is 5.75 Å². The number of ether oxygens (including phenoxy) is 1. The maximum absolute atomic E-state index is 13.3. The van der Waals surface area contributed by atoms with Gasteiger partial charge in [0, 0.05) is 31.0 Å². The maximum atomic E-state index is 13.3. The highest BCUT2D eigenvalue weighted by molar-refractivity contribution is 5.89. The number of aliphatic hydroxyl groups excluding tert-OH is 1. The number of carbonyl (C=O) groups excluding carboxylic acids is 1. The van der Waals surface area contributed by atoms with Crippen LogP contribution in [0, 0.1) is 11.7 Å². The van der Waals surface area contributed by atoms with Gasteiger partial charge in [-0.25, -0.2) is 9.18 Å². The van der Waals surface area contributed by atoms with Crippen LogP contribution in [0.25, 0.3) is 0 Å². The Kier molecular flexibility index (Phi) is 7.53. The Balaban J connectivity index is 2.51. The van der Waals surface area contributed by atoms with E-state index in [1.165, 1.54) is 19.2 Å². The fraction of sp³-hybridized carbons (Fsp3) is 0.533. The van der Waals surface area contributed by atoms with Gasteiger partial charge in [-0.3, -0.25) is 0 Å². The van der Waals surface area contributed by atoms with Crippen LogP contribution in [0.2, 0.25) is 0 Å². The van der Waals surface area contributed by atoms with Crippen molar-refractivity contribution in [3.8, 4) is 5.75 Å². The van der Waals surface area contributed by atoms with Gasteiger partial charge < -0.3 is 20.5 Å². The number of urea groups is 1. The van der Waals surface area contributed by atoms with Crippen LogP contribution in [0.1, 0.15) is 26.2 Å². The lowest BCUT2D eigenvalue weighted by molar-refractivity contribution is 0.236. The Bertz CT molecular complexity index is 449. The van der Waals surface area contributed by atoms with Crippen molar-refractivity contribution in [3.05, 3.63) is 24.0 Å². The average Bonchev–Trinajstić information content (AvgIpc) is 2.44. The molecular formula is C15H23FN2O3. The highest BCUT2D eigenvalue weighted by Crippen LogP contribution is 2.19. The molecule has 0 radical (unpaired) electrons. The molecule has 0 spiro atoms. The van der Waals surface area contributed by atoms with Crippen LogP contribution in [-0.2, 0) is 0 Å². The zero-order chi connectivity index (χ0) is 15.7. The first-order valence-electron chi connectivity index (χ1n) is 7.09. The summed E-state index contributed by atoms with van der Waals surface area (Å²) in [6.45, 7) is 2.64. The molecule has 0 aromatic heterocycles. The van der Waals surface area contributed by atoms with Crippen molar-refractivity contribution in [1.29, 1.82) is 0 Å². The van der Waals surface area contributed by atoms with E-state index >= 15 is 0 Å². The van der Waals surface area contributed by atoms with Crippen LogP contribution >= 0.6 is 0 Å². The molecule has 0 saturated carbocycles. The van der Waals surface area contributed by atoms with Crippen molar-refractivity contribution in [3.63, 3.8) is 0 Å². The molecule has 118 valence electrons. The van der Waals surface area contributed by atoms with Gasteiger partial charge in [0.2, 0.25) is 0 Å². The molecule has 21 heavy (non-hydrogen) atoms. The zero-order valence-electron chi connectivity index (χ0n) is 12.5. The van der Waals surface area contributed by atoms with Crippen LogP contribution < -0.4 is 15.4 Å². The van der Waals surface area contributed by atoms with Gasteiger partial charge in [-0.1, -0.05) is 13.3 Å². The maximum Gasteiger partial charge on any atom is 0.319 e. The monoisotopic (exact) mass is 298 g/mol. The summed E-state index contributed by atoms with van der Waals surface area (Å²) in [7, 11) is 1.43. The molecule has 0 bridgehead atoms. The van der Waals surface area contributed by atoms with Crippen molar-refractivity contribution in [2.45, 2.75) is 26.2 Å². The number of rotatable bonds is 8. The van der Waals surface area contributed by atoms with Crippen molar-refractivity contribution < 1.29 is 19.0 Å². The standard InChI is InChI=1S/C15H23FN2O3/c1-3-4-11(5-6-19)10-17-15(20)18-13-7-12(16)8-14(9-13)21-2/h7-9,11,19H,3-6,10H2,1-2H3,(H2,17,18,20). The Morgan fingerprint density at radius 3 is 2.76 bits per heavy atom. The van der Waals surface area contributed by atoms with E-state index in [4.69, 9.17) is 9.84 Å². The van der Waals surface area contributed by atoms with E-state index in [1.54, 1.807) is 6.07 Å². The van der Waals surface area contributed by atoms with Crippen molar-refractivity contribution in [1.82, 2.24) is 5.32 Å². The van der Waals surface area contributed by atoms with E-state index in [-0.39, 0.29) is 12.5 Å². The van der Waals surface area contributed by atoms with Crippen molar-refractivity contribution >= 4 is 11.7 Å². The number of amides is 2. The van der Waals surface area contributed by atoms with E-state index in [1.807, 2.05) is 0 Å². The molecule has 1 aromatic rings. The number of hydrogen-bond acceptors (Lipinski definition) is 3. The average molecular weight is 298 g/mol. The molecule has 0 fully saturated rings. The van der Waals surface area contributed by atoms with E-state index in [9.17, 15) is 9.18 Å². The third-order valence-electron chi connectivity index (χ3n) is 3.15. The predicted octanol–water partition coefficient (Wildman–Crippen LogP) is 2.75. The summed E-state index contributed by atoms with van der Waals surface area (Å²) >= 11 is 0. The number of halogens is 1. The second-order valence-electron chi connectivity index (χ2n) is 4.88. The van der Waals surface area contributed by atoms with Crippen LogP contribution in [0.4, 0.5) is 14.9 Å². The Hall–Kier alpha value is -1.82. The first kappa shape index (κ1) is 17.2. The first-order chi connectivity index (χ1) is 10.1. The van der Waals surface area contributed by atoms with E-state index in [0.717, 1.165) is 12.8 Å². The molecular weight excluding hydrogens is 275 g/mol. The summed E-state index contributed by atoms with van der Waals surface area (Å²) in [5, 5.41) is 14.3. The number of carbonyl (C=O) groups is 1. The summed E-state index contributed by atoms with van der Waals surface area (Å²) in [4.78, 5) is 11.8. The second-order valence-corrected chi connectivity index (χ2v) is 4.88. The highest BCUT2D eigenvalue weighted by atomic mass is 19.1. The normalized spacial score (nSPS) is 11.8. The highest BCUT2D eigenvalue weighted by Gasteiger charge is 2.10. The Morgan fingerprint density at radius 2 is 2.14 bits per heavy atom. The third kappa shape index (κ3) is 6.44. The van der Waals surface area contributed by atoms with Crippen LogP contribution in [0.15, 0.2) is 18.2 Å². The van der Waals surface area contributed by atoms with E-state index < -0.39 is 11.8 Å². The molecule has 0 saturated heterocycles. The molecule has 1 unspecified atom stereocenters. The summed E-state index contributed by atoms with van der Waals surface area (Å²) in [6.07, 6.45) is 2.59. The quantitative estimate of drug-likeness (QED) is 0.691. The fourth-order valence-electron chi connectivity index (χ4n) is 2.10.